The molecule has 4 aromatic rings. The van der Waals surface area contributed by atoms with Crippen LogP contribution in [0.3, 0.4) is 0 Å². The van der Waals surface area contributed by atoms with Gasteiger partial charge in [0.25, 0.3) is 11.8 Å². The summed E-state index contributed by atoms with van der Waals surface area (Å²) in [5.41, 5.74) is 5.57. The molecular formula is C26H18F4N6O2S. The van der Waals surface area contributed by atoms with Crippen LogP contribution in [0.4, 0.5) is 22.6 Å². The topological polar surface area (TPSA) is 108 Å². The van der Waals surface area contributed by atoms with Crippen molar-refractivity contribution < 1.29 is 27.2 Å². The molecule has 2 N–H and O–H groups in total. The number of anilines is 1. The van der Waals surface area contributed by atoms with E-state index in [4.69, 9.17) is 5.73 Å². The molecule has 2 aliphatic rings. The van der Waals surface area contributed by atoms with E-state index in [9.17, 15) is 23.6 Å². The van der Waals surface area contributed by atoms with E-state index < -0.39 is 41.3 Å². The number of carbonyl (C=O) groups is 2. The molecule has 2 aliphatic heterocycles. The molecule has 0 bridgehead atoms. The molecule has 198 valence electrons. The second-order valence-electron chi connectivity index (χ2n) is 9.37. The SMILES string of the molecule is C=C(F)C(=O)N1CCN2C(=O)c3cc(F)c(-c4ccc(F)c5sc(N)c(C#N)c45)c4c(F)nn(c34)CC[C@@H]2C1. The van der Waals surface area contributed by atoms with Crippen molar-refractivity contribution in [1.82, 2.24) is 19.6 Å². The summed E-state index contributed by atoms with van der Waals surface area (Å²) >= 11 is 0.827. The van der Waals surface area contributed by atoms with E-state index in [-0.39, 0.29) is 80.8 Å². The molecule has 0 aliphatic carbocycles. The number of hydrogen-bond acceptors (Lipinski definition) is 6. The summed E-state index contributed by atoms with van der Waals surface area (Å²) in [5.74, 6) is -5.25. The van der Waals surface area contributed by atoms with Gasteiger partial charge in [-0.1, -0.05) is 12.6 Å². The first kappa shape index (κ1) is 24.9. The van der Waals surface area contributed by atoms with E-state index in [1.807, 2.05) is 6.07 Å². The Bertz CT molecular complexity index is 1810. The molecule has 6 rings (SSSR count). The van der Waals surface area contributed by atoms with Gasteiger partial charge in [-0.05, 0) is 24.1 Å². The second kappa shape index (κ2) is 8.81. The van der Waals surface area contributed by atoms with Crippen LogP contribution in [0.5, 0.6) is 0 Å². The lowest BCUT2D eigenvalue weighted by molar-refractivity contribution is -0.131. The molecule has 0 saturated carbocycles. The lowest BCUT2D eigenvalue weighted by Crippen LogP contribution is -2.57. The molecule has 2 amide bonds. The van der Waals surface area contributed by atoms with Crippen molar-refractivity contribution in [2.75, 3.05) is 25.4 Å². The molecule has 2 aromatic heterocycles. The molecule has 1 fully saturated rings. The Hall–Kier alpha value is -4.44. The number of nitrogens with zero attached hydrogens (tertiary/aromatic N) is 5. The van der Waals surface area contributed by atoms with Gasteiger partial charge in [-0.25, -0.2) is 13.2 Å². The number of halogens is 4. The Morgan fingerprint density at radius 1 is 1.15 bits per heavy atom. The zero-order chi connectivity index (χ0) is 27.7. The zero-order valence-corrected chi connectivity index (χ0v) is 20.9. The molecule has 0 spiro atoms. The number of nitriles is 1. The first-order valence-corrected chi connectivity index (χ1v) is 12.7. The van der Waals surface area contributed by atoms with Crippen molar-refractivity contribution in [3.63, 3.8) is 0 Å². The van der Waals surface area contributed by atoms with E-state index >= 15 is 8.78 Å². The third-order valence-electron chi connectivity index (χ3n) is 7.29. The maximum absolute atomic E-state index is 15.9. The number of rotatable bonds is 2. The van der Waals surface area contributed by atoms with E-state index in [0.29, 0.717) is 0 Å². The number of benzene rings is 2. The quantitative estimate of drug-likeness (QED) is 0.293. The Kier molecular flexibility index (Phi) is 5.62. The maximum Gasteiger partial charge on any atom is 0.282 e. The van der Waals surface area contributed by atoms with Gasteiger partial charge in [0.15, 0.2) is 5.83 Å². The van der Waals surface area contributed by atoms with Crippen LogP contribution in [0.15, 0.2) is 30.6 Å². The van der Waals surface area contributed by atoms with Crippen LogP contribution in [0.1, 0.15) is 22.3 Å². The Balaban J connectivity index is 1.55. The molecule has 2 aromatic carbocycles. The van der Waals surface area contributed by atoms with E-state index in [0.717, 1.165) is 23.5 Å². The second-order valence-corrected chi connectivity index (χ2v) is 10.4. The van der Waals surface area contributed by atoms with Gasteiger partial charge < -0.3 is 15.5 Å². The summed E-state index contributed by atoms with van der Waals surface area (Å²) in [4.78, 5) is 28.5. The van der Waals surface area contributed by atoms with Gasteiger partial charge in [-0.15, -0.1) is 16.4 Å². The third kappa shape index (κ3) is 3.59. The molecule has 4 heterocycles. The normalized spacial score (nSPS) is 17.2. The molecule has 39 heavy (non-hydrogen) atoms. The predicted octanol–water partition coefficient (Wildman–Crippen LogP) is 4.33. The van der Waals surface area contributed by atoms with E-state index in [1.165, 1.54) is 20.5 Å². The van der Waals surface area contributed by atoms with Crippen molar-refractivity contribution in [1.29, 1.82) is 5.26 Å². The number of aromatic nitrogens is 2. The Morgan fingerprint density at radius 3 is 2.64 bits per heavy atom. The van der Waals surface area contributed by atoms with Gasteiger partial charge >= 0.3 is 0 Å². The summed E-state index contributed by atoms with van der Waals surface area (Å²) in [6.07, 6.45) is 0.261. The van der Waals surface area contributed by atoms with Gasteiger partial charge in [0.2, 0.25) is 5.95 Å². The van der Waals surface area contributed by atoms with Crippen LogP contribution in [0.2, 0.25) is 0 Å². The van der Waals surface area contributed by atoms with Crippen LogP contribution in [0, 0.1) is 28.9 Å². The monoisotopic (exact) mass is 554 g/mol. The molecule has 1 saturated heterocycles. The highest BCUT2D eigenvalue weighted by Crippen LogP contribution is 2.45. The third-order valence-corrected chi connectivity index (χ3v) is 8.32. The highest BCUT2D eigenvalue weighted by molar-refractivity contribution is 7.23. The Labute approximate surface area is 222 Å². The van der Waals surface area contributed by atoms with Crippen LogP contribution >= 0.6 is 11.3 Å². The summed E-state index contributed by atoms with van der Waals surface area (Å²) in [6.45, 7) is 3.28. The molecule has 8 nitrogen and oxygen atoms in total. The highest BCUT2D eigenvalue weighted by Gasteiger charge is 2.38. The molecule has 1 atom stereocenters. The number of fused-ring (bicyclic) bond motifs is 2. The number of amides is 2. The highest BCUT2D eigenvalue weighted by atomic mass is 32.1. The summed E-state index contributed by atoms with van der Waals surface area (Å²) in [5, 5.41) is 13.4. The summed E-state index contributed by atoms with van der Waals surface area (Å²) < 4.78 is 60.8. The minimum absolute atomic E-state index is 0.0226. The smallest absolute Gasteiger partial charge is 0.282 e. The van der Waals surface area contributed by atoms with Crippen molar-refractivity contribution in [2.45, 2.75) is 19.0 Å². The van der Waals surface area contributed by atoms with Gasteiger partial charge in [0.1, 0.15) is 22.7 Å². The fourth-order valence-corrected chi connectivity index (χ4v) is 6.51. The minimum atomic E-state index is -1.11. The summed E-state index contributed by atoms with van der Waals surface area (Å²) in [6, 6.07) is 4.69. The van der Waals surface area contributed by atoms with Gasteiger partial charge in [-0.2, -0.15) is 9.65 Å². The first-order valence-electron chi connectivity index (χ1n) is 11.9. The van der Waals surface area contributed by atoms with Crippen LogP contribution in [-0.4, -0.2) is 57.1 Å². The standard InChI is InChI=1S/C26H18F4N6O2S/c1-11(27)25(37)34-6-7-35-12(10-34)4-5-36-21-14(26(35)38)8-17(29)19(20(21)23(30)33-36)13-2-3-16(28)22-18(13)15(9-31)24(32)39-22/h2-3,8,12H,1,4-7,10,32H2/t12-/m1/s1. The Morgan fingerprint density at radius 2 is 1.92 bits per heavy atom. The average Bonchev–Trinajstić information content (AvgIpc) is 3.42. The van der Waals surface area contributed by atoms with Crippen molar-refractivity contribution in [3.05, 3.63) is 59.3 Å². The predicted molar refractivity (Wildman–Crippen MR) is 136 cm³/mol. The van der Waals surface area contributed by atoms with Crippen LogP contribution < -0.4 is 5.73 Å². The van der Waals surface area contributed by atoms with Crippen LogP contribution in [0.25, 0.3) is 32.1 Å². The number of hydrogen-bond donors (Lipinski definition) is 1. The van der Waals surface area contributed by atoms with Crippen molar-refractivity contribution >= 4 is 49.1 Å². The number of aryl methyl sites for hydroxylation is 1. The van der Waals surface area contributed by atoms with Crippen LogP contribution in [-0.2, 0) is 11.3 Å². The van der Waals surface area contributed by atoms with Gasteiger partial charge in [-0.3, -0.25) is 14.3 Å². The molecule has 13 heteroatoms. The minimum Gasteiger partial charge on any atom is -0.389 e. The number of piperazine rings is 1. The average molecular weight is 555 g/mol. The van der Waals surface area contributed by atoms with Gasteiger partial charge in [0, 0.05) is 37.1 Å². The van der Waals surface area contributed by atoms with Gasteiger partial charge in [0.05, 0.1) is 32.8 Å². The fourth-order valence-electron chi connectivity index (χ4n) is 5.56. The van der Waals surface area contributed by atoms with E-state index in [2.05, 4.69) is 11.7 Å². The zero-order valence-electron chi connectivity index (χ0n) is 20.1. The lowest BCUT2D eigenvalue weighted by Gasteiger charge is -2.42. The van der Waals surface area contributed by atoms with Crippen molar-refractivity contribution in [3.8, 4) is 17.2 Å². The number of carbonyl (C=O) groups excluding carboxylic acids is 2. The largest absolute Gasteiger partial charge is 0.389 e. The molecule has 0 radical (unpaired) electrons. The number of thiophene rings is 1. The molecule has 0 unspecified atom stereocenters. The first-order chi connectivity index (χ1) is 18.6. The summed E-state index contributed by atoms with van der Waals surface area (Å²) in [7, 11) is 0. The van der Waals surface area contributed by atoms with Crippen molar-refractivity contribution in [2.24, 2.45) is 0 Å². The number of nitrogen functional groups attached to an aromatic ring is 1. The fraction of sp³-hybridized carbons (Fsp3) is 0.231. The lowest BCUT2D eigenvalue weighted by atomic mass is 9.93. The molecular weight excluding hydrogens is 536 g/mol. The number of nitrogens with two attached hydrogens (primary N) is 1. The van der Waals surface area contributed by atoms with E-state index in [1.54, 1.807) is 0 Å². The maximum atomic E-state index is 15.9.